The van der Waals surface area contributed by atoms with Crippen LogP contribution in [-0.4, -0.2) is 45.2 Å². The summed E-state index contributed by atoms with van der Waals surface area (Å²) in [5.41, 5.74) is 0. The number of carbonyl (C=O) groups is 1. The van der Waals surface area contributed by atoms with Gasteiger partial charge in [-0.3, -0.25) is 4.79 Å². The Morgan fingerprint density at radius 1 is 1.28 bits per heavy atom. The summed E-state index contributed by atoms with van der Waals surface area (Å²) in [6.45, 7) is 6.11. The van der Waals surface area contributed by atoms with Crippen molar-refractivity contribution >= 4 is 5.91 Å². The minimum Gasteiger partial charge on any atom is -0.343 e. The molecule has 18 heavy (non-hydrogen) atoms. The van der Waals surface area contributed by atoms with Gasteiger partial charge in [0.15, 0.2) is 0 Å². The SMILES string of the molecule is CC(=O)N1CCC(c2nnc3n2CCNC3)CC1. The molecule has 0 spiro atoms. The maximum atomic E-state index is 11.3. The van der Waals surface area contributed by atoms with Crippen molar-refractivity contribution in [1.29, 1.82) is 0 Å². The van der Waals surface area contributed by atoms with Crippen LogP contribution >= 0.6 is 0 Å². The molecule has 0 unspecified atom stereocenters. The number of likely N-dealkylation sites (tertiary alicyclic amines) is 1. The molecule has 0 radical (unpaired) electrons. The van der Waals surface area contributed by atoms with E-state index in [1.54, 1.807) is 6.92 Å². The van der Waals surface area contributed by atoms with Crippen molar-refractivity contribution in [3.8, 4) is 0 Å². The molecule has 0 aliphatic carbocycles. The van der Waals surface area contributed by atoms with Gasteiger partial charge in [0.25, 0.3) is 0 Å². The number of aromatic nitrogens is 3. The third-order valence-corrected chi connectivity index (χ3v) is 3.96. The minimum atomic E-state index is 0.181. The van der Waals surface area contributed by atoms with Gasteiger partial charge in [0, 0.05) is 39.0 Å². The topological polar surface area (TPSA) is 63.1 Å². The third kappa shape index (κ3) is 2.01. The van der Waals surface area contributed by atoms with Gasteiger partial charge in [-0.25, -0.2) is 0 Å². The largest absolute Gasteiger partial charge is 0.343 e. The molecule has 3 heterocycles. The molecule has 0 saturated carbocycles. The summed E-state index contributed by atoms with van der Waals surface area (Å²) in [7, 11) is 0. The fourth-order valence-corrected chi connectivity index (χ4v) is 2.87. The normalized spacial score (nSPS) is 20.8. The van der Waals surface area contributed by atoms with E-state index >= 15 is 0 Å². The molecule has 0 bridgehead atoms. The van der Waals surface area contributed by atoms with Crippen LogP contribution in [0.25, 0.3) is 0 Å². The summed E-state index contributed by atoms with van der Waals surface area (Å²) < 4.78 is 2.25. The lowest BCUT2D eigenvalue weighted by molar-refractivity contribution is -0.129. The Balaban J connectivity index is 1.73. The molecule has 1 fully saturated rings. The van der Waals surface area contributed by atoms with Crippen molar-refractivity contribution in [2.24, 2.45) is 0 Å². The van der Waals surface area contributed by atoms with Crippen molar-refractivity contribution in [3.05, 3.63) is 11.6 Å². The Bertz CT molecular complexity index is 447. The summed E-state index contributed by atoms with van der Waals surface area (Å²) >= 11 is 0. The molecule has 1 N–H and O–H groups in total. The van der Waals surface area contributed by atoms with E-state index in [1.165, 1.54) is 0 Å². The summed E-state index contributed by atoms with van der Waals surface area (Å²) in [6, 6.07) is 0. The molecule has 1 amide bonds. The van der Waals surface area contributed by atoms with Crippen molar-refractivity contribution in [2.45, 2.75) is 38.8 Å². The molecule has 3 rings (SSSR count). The highest BCUT2D eigenvalue weighted by atomic mass is 16.2. The van der Waals surface area contributed by atoms with E-state index in [9.17, 15) is 4.79 Å². The Hall–Kier alpha value is -1.43. The first-order valence-corrected chi connectivity index (χ1v) is 6.64. The van der Waals surface area contributed by atoms with Crippen LogP contribution in [0.15, 0.2) is 0 Å². The van der Waals surface area contributed by atoms with Crippen molar-refractivity contribution in [2.75, 3.05) is 19.6 Å². The second kappa shape index (κ2) is 4.68. The van der Waals surface area contributed by atoms with Gasteiger partial charge in [0.1, 0.15) is 11.6 Å². The van der Waals surface area contributed by atoms with Gasteiger partial charge in [-0.2, -0.15) is 0 Å². The smallest absolute Gasteiger partial charge is 0.219 e. The molecule has 2 aliphatic heterocycles. The third-order valence-electron chi connectivity index (χ3n) is 3.96. The van der Waals surface area contributed by atoms with E-state index in [0.717, 1.165) is 57.2 Å². The van der Waals surface area contributed by atoms with Crippen LogP contribution < -0.4 is 5.32 Å². The quantitative estimate of drug-likeness (QED) is 0.767. The minimum absolute atomic E-state index is 0.181. The summed E-state index contributed by atoms with van der Waals surface area (Å²) in [4.78, 5) is 13.2. The van der Waals surface area contributed by atoms with Crippen LogP contribution in [0.3, 0.4) is 0 Å². The predicted molar refractivity (Wildman–Crippen MR) is 66.0 cm³/mol. The summed E-state index contributed by atoms with van der Waals surface area (Å²) in [5, 5.41) is 11.9. The standard InChI is InChI=1S/C12H19N5O/c1-9(18)16-5-2-10(3-6-16)12-15-14-11-8-13-4-7-17(11)12/h10,13H,2-8H2,1H3. The van der Waals surface area contributed by atoms with Gasteiger partial charge >= 0.3 is 0 Å². The maximum absolute atomic E-state index is 11.3. The number of hydrogen-bond donors (Lipinski definition) is 1. The monoisotopic (exact) mass is 249 g/mol. The average Bonchev–Trinajstić information content (AvgIpc) is 2.82. The summed E-state index contributed by atoms with van der Waals surface area (Å²) in [6.07, 6.45) is 2.01. The Morgan fingerprint density at radius 3 is 2.78 bits per heavy atom. The second-order valence-corrected chi connectivity index (χ2v) is 5.08. The molecule has 98 valence electrons. The number of fused-ring (bicyclic) bond motifs is 1. The first kappa shape index (κ1) is 11.6. The lowest BCUT2D eigenvalue weighted by Crippen LogP contribution is -2.37. The zero-order valence-electron chi connectivity index (χ0n) is 10.7. The zero-order valence-corrected chi connectivity index (χ0v) is 10.7. The van der Waals surface area contributed by atoms with E-state index in [2.05, 4.69) is 20.1 Å². The molecular weight excluding hydrogens is 230 g/mol. The van der Waals surface area contributed by atoms with Gasteiger partial charge < -0.3 is 14.8 Å². The summed E-state index contributed by atoms with van der Waals surface area (Å²) in [5.74, 6) is 2.81. The van der Waals surface area contributed by atoms with Gasteiger partial charge in [-0.15, -0.1) is 10.2 Å². The van der Waals surface area contributed by atoms with E-state index < -0.39 is 0 Å². The molecule has 2 aliphatic rings. The molecule has 0 aromatic carbocycles. The Labute approximate surface area is 106 Å². The predicted octanol–water partition coefficient (Wildman–Crippen LogP) is 0.107. The lowest BCUT2D eigenvalue weighted by atomic mass is 9.96. The van der Waals surface area contributed by atoms with Crippen LogP contribution in [0.5, 0.6) is 0 Å². The number of nitrogens with one attached hydrogen (secondary N) is 1. The number of rotatable bonds is 1. The van der Waals surface area contributed by atoms with Crippen LogP contribution in [0.2, 0.25) is 0 Å². The molecule has 6 heteroatoms. The number of carbonyl (C=O) groups excluding carboxylic acids is 1. The van der Waals surface area contributed by atoms with Crippen molar-refractivity contribution in [1.82, 2.24) is 25.0 Å². The van der Waals surface area contributed by atoms with Crippen LogP contribution in [0.1, 0.15) is 37.3 Å². The van der Waals surface area contributed by atoms with Gasteiger partial charge in [0.05, 0.1) is 6.54 Å². The van der Waals surface area contributed by atoms with E-state index in [-0.39, 0.29) is 5.91 Å². The Morgan fingerprint density at radius 2 is 2.06 bits per heavy atom. The molecule has 0 atom stereocenters. The Kier molecular flexibility index (Phi) is 3.03. The first-order chi connectivity index (χ1) is 8.75. The average molecular weight is 249 g/mol. The molecule has 6 nitrogen and oxygen atoms in total. The van der Waals surface area contributed by atoms with Gasteiger partial charge in [-0.05, 0) is 12.8 Å². The highest BCUT2D eigenvalue weighted by Gasteiger charge is 2.27. The fraction of sp³-hybridized carbons (Fsp3) is 0.750. The van der Waals surface area contributed by atoms with Gasteiger partial charge in [-0.1, -0.05) is 0 Å². The highest BCUT2D eigenvalue weighted by molar-refractivity contribution is 5.73. The van der Waals surface area contributed by atoms with E-state index in [1.807, 2.05) is 4.90 Å². The van der Waals surface area contributed by atoms with Crippen molar-refractivity contribution < 1.29 is 4.79 Å². The molecule has 1 aromatic heterocycles. The fourth-order valence-electron chi connectivity index (χ4n) is 2.87. The molecule has 1 aromatic rings. The molecular formula is C12H19N5O. The zero-order chi connectivity index (χ0) is 12.5. The lowest BCUT2D eigenvalue weighted by Gasteiger charge is -2.31. The number of nitrogens with zero attached hydrogens (tertiary/aromatic N) is 4. The van der Waals surface area contributed by atoms with E-state index in [4.69, 9.17) is 0 Å². The first-order valence-electron chi connectivity index (χ1n) is 6.64. The van der Waals surface area contributed by atoms with E-state index in [0.29, 0.717) is 5.92 Å². The maximum Gasteiger partial charge on any atom is 0.219 e. The molecule has 1 saturated heterocycles. The second-order valence-electron chi connectivity index (χ2n) is 5.08. The van der Waals surface area contributed by atoms with Crippen LogP contribution in [-0.2, 0) is 17.9 Å². The number of hydrogen-bond acceptors (Lipinski definition) is 4. The van der Waals surface area contributed by atoms with Crippen LogP contribution in [0, 0.1) is 0 Å². The highest BCUT2D eigenvalue weighted by Crippen LogP contribution is 2.27. The van der Waals surface area contributed by atoms with Crippen LogP contribution in [0.4, 0.5) is 0 Å². The van der Waals surface area contributed by atoms with Gasteiger partial charge in [0.2, 0.25) is 5.91 Å². The number of piperidine rings is 1. The van der Waals surface area contributed by atoms with Crippen molar-refractivity contribution in [3.63, 3.8) is 0 Å². The number of amides is 1.